The fourth-order valence-corrected chi connectivity index (χ4v) is 3.82. The Hall–Kier alpha value is -3.26. The van der Waals surface area contributed by atoms with Gasteiger partial charge in [-0.3, -0.25) is 0 Å². The lowest BCUT2D eigenvalue weighted by molar-refractivity contribution is 0.0599. The van der Waals surface area contributed by atoms with E-state index in [1.54, 1.807) is 0 Å². The molecule has 2 aromatic heterocycles. The molecule has 0 bridgehead atoms. The summed E-state index contributed by atoms with van der Waals surface area (Å²) in [5.74, 6) is -1.18. The van der Waals surface area contributed by atoms with Gasteiger partial charge >= 0.3 is 11.9 Å². The minimum Gasteiger partial charge on any atom is -0.478 e. The van der Waals surface area contributed by atoms with Crippen molar-refractivity contribution in [2.45, 2.75) is 62.7 Å². The van der Waals surface area contributed by atoms with E-state index in [4.69, 9.17) is 5.11 Å². The highest BCUT2D eigenvalue weighted by Crippen LogP contribution is 2.17. The standard InChI is InChI=1S/C12H18N2O4S.C11H16N2O4S/c1-5-8(2)13-10-6-9(12(15)18-3)7-11(14-10)19(4,16)17;1-4-7(2)12-9-5-8(11(14)15)6-10(13-9)18(3,16)17/h6-8H,5H2,1-4H3,(H,13,14);5-7H,4H2,1-3H3,(H,12,13)(H,14,15)/t8-;7-/m00/s1. The third kappa shape index (κ3) is 10.3. The summed E-state index contributed by atoms with van der Waals surface area (Å²) in [5.41, 5.74) is 0.0555. The van der Waals surface area contributed by atoms with Crippen LogP contribution in [0, 0.1) is 0 Å². The molecule has 2 heterocycles. The summed E-state index contributed by atoms with van der Waals surface area (Å²) < 4.78 is 50.6. The summed E-state index contributed by atoms with van der Waals surface area (Å²) in [6.07, 6.45) is 3.70. The topological polar surface area (TPSA) is 182 Å². The number of nitrogens with zero attached hydrogens (tertiary/aromatic N) is 2. The molecule has 37 heavy (non-hydrogen) atoms. The molecule has 0 saturated heterocycles. The van der Waals surface area contributed by atoms with E-state index in [2.05, 4.69) is 25.3 Å². The summed E-state index contributed by atoms with van der Waals surface area (Å²) in [6, 6.07) is 5.26. The Kier molecular flexibility index (Phi) is 11.4. The Labute approximate surface area is 217 Å². The largest absolute Gasteiger partial charge is 0.478 e. The van der Waals surface area contributed by atoms with Crippen LogP contribution in [0.25, 0.3) is 0 Å². The number of pyridine rings is 2. The molecule has 0 aliphatic carbocycles. The number of carbonyl (C=O) groups excluding carboxylic acids is 1. The molecule has 0 spiro atoms. The lowest BCUT2D eigenvalue weighted by atomic mass is 10.2. The number of aromatic carboxylic acids is 1. The predicted octanol–water partition coefficient (Wildman–Crippen LogP) is 2.88. The summed E-state index contributed by atoms with van der Waals surface area (Å²) in [6.45, 7) is 7.78. The molecule has 0 unspecified atom stereocenters. The SMILES string of the molecule is CC[C@H](C)Nc1cc(C(=O)O)cc(S(C)(=O)=O)n1.CC[C@H](C)Nc1cc(C(=O)OC)cc(S(C)(=O)=O)n1. The Morgan fingerprint density at radius 2 is 1.22 bits per heavy atom. The van der Waals surface area contributed by atoms with E-state index in [1.807, 2.05) is 27.7 Å². The van der Waals surface area contributed by atoms with Crippen LogP contribution in [0.4, 0.5) is 11.6 Å². The monoisotopic (exact) mass is 558 g/mol. The number of carboxylic acids is 1. The minimum absolute atomic E-state index is 0.0777. The Morgan fingerprint density at radius 3 is 1.54 bits per heavy atom. The normalized spacial score (nSPS) is 12.9. The molecule has 0 amide bonds. The number of nitrogens with one attached hydrogen (secondary N) is 2. The van der Waals surface area contributed by atoms with Crippen LogP contribution in [0.5, 0.6) is 0 Å². The first-order valence-electron chi connectivity index (χ1n) is 11.3. The van der Waals surface area contributed by atoms with Crippen molar-refractivity contribution in [2.75, 3.05) is 30.3 Å². The van der Waals surface area contributed by atoms with Crippen molar-refractivity contribution in [2.24, 2.45) is 0 Å². The fourth-order valence-electron chi connectivity index (χ4n) is 2.61. The second-order valence-electron chi connectivity index (χ2n) is 8.41. The molecule has 206 valence electrons. The van der Waals surface area contributed by atoms with Gasteiger partial charge in [0.1, 0.15) is 11.6 Å². The van der Waals surface area contributed by atoms with Crippen LogP contribution >= 0.6 is 0 Å². The van der Waals surface area contributed by atoms with E-state index < -0.39 is 31.6 Å². The van der Waals surface area contributed by atoms with Gasteiger partial charge in [-0.25, -0.2) is 36.4 Å². The van der Waals surface area contributed by atoms with Gasteiger partial charge in [-0.15, -0.1) is 0 Å². The first-order valence-corrected chi connectivity index (χ1v) is 15.1. The lowest BCUT2D eigenvalue weighted by Gasteiger charge is -2.13. The molecule has 2 aromatic rings. The number of hydrogen-bond donors (Lipinski definition) is 3. The van der Waals surface area contributed by atoms with Crippen molar-refractivity contribution >= 4 is 43.2 Å². The average Bonchev–Trinajstić information content (AvgIpc) is 2.82. The van der Waals surface area contributed by atoms with Crippen LogP contribution in [-0.2, 0) is 24.4 Å². The first kappa shape index (κ1) is 31.8. The van der Waals surface area contributed by atoms with Crippen molar-refractivity contribution < 1.29 is 36.3 Å². The summed E-state index contributed by atoms with van der Waals surface area (Å²) in [4.78, 5) is 30.4. The zero-order valence-corrected chi connectivity index (χ0v) is 23.5. The molecular weight excluding hydrogens is 524 g/mol. The smallest absolute Gasteiger partial charge is 0.338 e. The summed E-state index contributed by atoms with van der Waals surface area (Å²) in [5, 5.41) is 14.5. The zero-order valence-electron chi connectivity index (χ0n) is 21.9. The Balaban J connectivity index is 0.000000371. The van der Waals surface area contributed by atoms with Crippen LogP contribution in [0.1, 0.15) is 61.3 Å². The van der Waals surface area contributed by atoms with Crippen LogP contribution in [-0.4, -0.2) is 75.6 Å². The third-order valence-electron chi connectivity index (χ3n) is 5.04. The maximum Gasteiger partial charge on any atom is 0.338 e. The number of carbonyl (C=O) groups is 2. The molecule has 2 rings (SSSR count). The van der Waals surface area contributed by atoms with Gasteiger partial charge in [0.05, 0.1) is 18.2 Å². The average molecular weight is 559 g/mol. The van der Waals surface area contributed by atoms with E-state index in [0.29, 0.717) is 5.82 Å². The minimum atomic E-state index is -3.54. The zero-order chi connectivity index (χ0) is 28.6. The molecule has 0 fully saturated rings. The quantitative estimate of drug-likeness (QED) is 0.363. The number of carboxylic acid groups (broad SMARTS) is 1. The van der Waals surface area contributed by atoms with Crippen LogP contribution < -0.4 is 10.6 Å². The van der Waals surface area contributed by atoms with E-state index in [0.717, 1.165) is 31.4 Å². The molecule has 14 heteroatoms. The molecule has 0 aliphatic rings. The van der Waals surface area contributed by atoms with E-state index in [1.165, 1.54) is 25.3 Å². The molecule has 0 aromatic carbocycles. The van der Waals surface area contributed by atoms with Crippen LogP contribution in [0.2, 0.25) is 0 Å². The van der Waals surface area contributed by atoms with Gasteiger partial charge in [-0.1, -0.05) is 13.8 Å². The third-order valence-corrected chi connectivity index (χ3v) is 6.98. The molecular formula is C23H34N4O8S2. The Bertz CT molecular complexity index is 1330. The van der Waals surface area contributed by atoms with Gasteiger partial charge in [0, 0.05) is 24.6 Å². The highest BCUT2D eigenvalue weighted by Gasteiger charge is 2.17. The maximum absolute atomic E-state index is 11.6. The van der Waals surface area contributed by atoms with E-state index in [-0.39, 0.29) is 39.1 Å². The Morgan fingerprint density at radius 1 is 0.838 bits per heavy atom. The number of sulfone groups is 2. The number of anilines is 2. The number of aromatic nitrogens is 2. The second kappa shape index (κ2) is 13.3. The number of ether oxygens (including phenoxy) is 1. The molecule has 0 radical (unpaired) electrons. The molecule has 2 atom stereocenters. The number of rotatable bonds is 10. The highest BCUT2D eigenvalue weighted by molar-refractivity contribution is 7.90. The van der Waals surface area contributed by atoms with Crippen LogP contribution in [0.3, 0.4) is 0 Å². The van der Waals surface area contributed by atoms with Gasteiger partial charge in [-0.05, 0) is 51.0 Å². The molecule has 0 saturated carbocycles. The fraction of sp³-hybridized carbons (Fsp3) is 0.478. The summed E-state index contributed by atoms with van der Waals surface area (Å²) in [7, 11) is -5.79. The van der Waals surface area contributed by atoms with Crippen molar-refractivity contribution in [1.82, 2.24) is 9.97 Å². The van der Waals surface area contributed by atoms with Gasteiger partial charge in [-0.2, -0.15) is 0 Å². The van der Waals surface area contributed by atoms with Crippen molar-refractivity contribution in [3.05, 3.63) is 35.4 Å². The number of esters is 1. The van der Waals surface area contributed by atoms with Gasteiger partial charge in [0.25, 0.3) is 0 Å². The highest BCUT2D eigenvalue weighted by atomic mass is 32.2. The van der Waals surface area contributed by atoms with Gasteiger partial charge in [0.15, 0.2) is 29.7 Å². The van der Waals surface area contributed by atoms with Crippen LogP contribution in [0.15, 0.2) is 34.3 Å². The predicted molar refractivity (Wildman–Crippen MR) is 140 cm³/mol. The van der Waals surface area contributed by atoms with E-state index in [9.17, 15) is 26.4 Å². The van der Waals surface area contributed by atoms with Crippen molar-refractivity contribution in [3.8, 4) is 0 Å². The second-order valence-corrected chi connectivity index (χ2v) is 12.3. The number of methoxy groups -OCH3 is 1. The maximum atomic E-state index is 11.6. The molecule has 12 nitrogen and oxygen atoms in total. The first-order chi connectivity index (χ1) is 17.0. The van der Waals surface area contributed by atoms with Gasteiger partial charge in [0.2, 0.25) is 0 Å². The van der Waals surface area contributed by atoms with E-state index >= 15 is 0 Å². The summed E-state index contributed by atoms with van der Waals surface area (Å²) >= 11 is 0. The lowest BCUT2D eigenvalue weighted by Crippen LogP contribution is -2.16. The van der Waals surface area contributed by atoms with Gasteiger partial charge < -0.3 is 20.5 Å². The molecule has 0 aliphatic heterocycles. The van der Waals surface area contributed by atoms with Crippen molar-refractivity contribution in [3.63, 3.8) is 0 Å². The van der Waals surface area contributed by atoms with Crippen molar-refractivity contribution in [1.29, 1.82) is 0 Å². The number of hydrogen-bond acceptors (Lipinski definition) is 11. The molecule has 3 N–H and O–H groups in total.